The zero-order chi connectivity index (χ0) is 11.3. The van der Waals surface area contributed by atoms with Crippen LogP contribution in [-0.2, 0) is 6.42 Å². The van der Waals surface area contributed by atoms with Gasteiger partial charge in [0.1, 0.15) is 0 Å². The van der Waals surface area contributed by atoms with Crippen LogP contribution in [0.2, 0.25) is 0 Å². The average Bonchev–Trinajstić information content (AvgIpc) is 2.20. The van der Waals surface area contributed by atoms with E-state index < -0.39 is 4.92 Å². The molecule has 0 aliphatic carbocycles. The maximum absolute atomic E-state index is 10.7. The van der Waals surface area contributed by atoms with Crippen LogP contribution in [0.4, 0.5) is 5.69 Å². The van der Waals surface area contributed by atoms with Gasteiger partial charge in [0.2, 0.25) is 0 Å². The summed E-state index contributed by atoms with van der Waals surface area (Å²) < 4.78 is 0. The van der Waals surface area contributed by atoms with Crippen LogP contribution in [0.5, 0.6) is 0 Å². The zero-order valence-corrected chi connectivity index (χ0v) is 8.25. The number of hydrogen-bond acceptors (Lipinski definition) is 3. The molecule has 6 nitrogen and oxygen atoms in total. The molecule has 0 atom stereocenters. The molecular weight excluding hydrogens is 196 g/mol. The van der Waals surface area contributed by atoms with Gasteiger partial charge < -0.3 is 0 Å². The first-order valence-electron chi connectivity index (χ1n) is 4.40. The van der Waals surface area contributed by atoms with Crippen molar-refractivity contribution in [3.05, 3.63) is 49.9 Å². The SMILES string of the molecule is Cc1cccc([N+](=O)[O-])c1CCN=[N+]=[N-]. The van der Waals surface area contributed by atoms with Crippen molar-refractivity contribution in [2.75, 3.05) is 6.54 Å². The molecular formula is C9H10N4O2. The summed E-state index contributed by atoms with van der Waals surface area (Å²) in [6.07, 6.45) is 0.396. The molecule has 0 saturated carbocycles. The van der Waals surface area contributed by atoms with Crippen molar-refractivity contribution in [3.63, 3.8) is 0 Å². The van der Waals surface area contributed by atoms with Gasteiger partial charge in [0, 0.05) is 23.1 Å². The van der Waals surface area contributed by atoms with Crippen molar-refractivity contribution in [3.8, 4) is 0 Å². The fourth-order valence-corrected chi connectivity index (χ4v) is 1.39. The summed E-state index contributed by atoms with van der Waals surface area (Å²) in [7, 11) is 0. The normalized spacial score (nSPS) is 9.40. The molecule has 1 aromatic carbocycles. The molecule has 0 amide bonds. The number of nitro benzene ring substituents is 1. The fraction of sp³-hybridized carbons (Fsp3) is 0.333. The third kappa shape index (κ3) is 2.69. The summed E-state index contributed by atoms with van der Waals surface area (Å²) in [4.78, 5) is 12.9. The van der Waals surface area contributed by atoms with Gasteiger partial charge in [-0.1, -0.05) is 17.2 Å². The van der Waals surface area contributed by atoms with Crippen molar-refractivity contribution in [2.45, 2.75) is 13.3 Å². The van der Waals surface area contributed by atoms with Crippen LogP contribution < -0.4 is 0 Å². The molecule has 0 saturated heterocycles. The Labute approximate surface area is 86.3 Å². The third-order valence-corrected chi connectivity index (χ3v) is 2.11. The van der Waals surface area contributed by atoms with Gasteiger partial charge in [-0.15, -0.1) is 0 Å². The Kier molecular flexibility index (Phi) is 3.65. The van der Waals surface area contributed by atoms with Crippen LogP contribution in [0.1, 0.15) is 11.1 Å². The molecule has 0 N–H and O–H groups in total. The minimum absolute atomic E-state index is 0.0862. The Morgan fingerprint density at radius 3 is 2.93 bits per heavy atom. The number of aryl methyl sites for hydroxylation is 1. The van der Waals surface area contributed by atoms with Gasteiger partial charge in [-0.3, -0.25) is 10.1 Å². The number of azide groups is 1. The number of benzene rings is 1. The van der Waals surface area contributed by atoms with Crippen molar-refractivity contribution >= 4 is 5.69 Å². The minimum Gasteiger partial charge on any atom is -0.258 e. The molecule has 0 heterocycles. The second-order valence-electron chi connectivity index (χ2n) is 3.03. The van der Waals surface area contributed by atoms with Crippen LogP contribution in [0.3, 0.4) is 0 Å². The quantitative estimate of drug-likeness (QED) is 0.249. The molecule has 6 heteroatoms. The summed E-state index contributed by atoms with van der Waals surface area (Å²) in [5, 5.41) is 14.1. The highest BCUT2D eigenvalue weighted by atomic mass is 16.6. The summed E-state index contributed by atoms with van der Waals surface area (Å²) >= 11 is 0. The molecule has 0 radical (unpaired) electrons. The first-order valence-corrected chi connectivity index (χ1v) is 4.40. The van der Waals surface area contributed by atoms with Crippen molar-refractivity contribution < 1.29 is 4.92 Å². The molecule has 0 aromatic heterocycles. The van der Waals surface area contributed by atoms with Crippen LogP contribution in [0.25, 0.3) is 10.4 Å². The number of rotatable bonds is 4. The van der Waals surface area contributed by atoms with Gasteiger partial charge in [0.05, 0.1) is 4.92 Å². The highest BCUT2D eigenvalue weighted by molar-refractivity contribution is 5.45. The monoisotopic (exact) mass is 206 g/mol. The molecule has 15 heavy (non-hydrogen) atoms. The standard InChI is InChI=1S/C9H10N4O2/c1-7-3-2-4-9(13(14)15)8(7)5-6-11-12-10/h2-4H,5-6H2,1H3. The van der Waals surface area contributed by atoms with Crippen LogP contribution in [0, 0.1) is 17.0 Å². The summed E-state index contributed by atoms with van der Waals surface area (Å²) in [6, 6.07) is 4.90. The van der Waals surface area contributed by atoms with Gasteiger partial charge in [-0.2, -0.15) is 0 Å². The smallest absolute Gasteiger partial charge is 0.258 e. The lowest BCUT2D eigenvalue weighted by molar-refractivity contribution is -0.385. The van der Waals surface area contributed by atoms with E-state index in [0.717, 1.165) is 5.56 Å². The molecule has 78 valence electrons. The summed E-state index contributed by atoms with van der Waals surface area (Å²) in [6.45, 7) is 2.04. The minimum atomic E-state index is -0.418. The average molecular weight is 206 g/mol. The summed E-state index contributed by atoms with van der Waals surface area (Å²) in [5.41, 5.74) is 9.68. The number of hydrogen-bond donors (Lipinski definition) is 0. The lowest BCUT2D eigenvalue weighted by Gasteiger charge is -2.04. The van der Waals surface area contributed by atoms with Crippen molar-refractivity contribution in [2.24, 2.45) is 5.11 Å². The van der Waals surface area contributed by atoms with Gasteiger partial charge in [0.15, 0.2) is 0 Å². The van der Waals surface area contributed by atoms with E-state index >= 15 is 0 Å². The number of nitrogens with zero attached hydrogens (tertiary/aromatic N) is 4. The lowest BCUT2D eigenvalue weighted by Crippen LogP contribution is -1.99. The predicted molar refractivity (Wildman–Crippen MR) is 55.6 cm³/mol. The first kappa shape index (κ1) is 11.0. The highest BCUT2D eigenvalue weighted by Crippen LogP contribution is 2.22. The second-order valence-corrected chi connectivity index (χ2v) is 3.03. The Morgan fingerprint density at radius 2 is 2.33 bits per heavy atom. The van der Waals surface area contributed by atoms with Gasteiger partial charge in [-0.25, -0.2) is 0 Å². The van der Waals surface area contributed by atoms with E-state index in [4.69, 9.17) is 5.53 Å². The van der Waals surface area contributed by atoms with E-state index in [1.54, 1.807) is 19.1 Å². The topological polar surface area (TPSA) is 91.9 Å². The van der Waals surface area contributed by atoms with E-state index in [9.17, 15) is 10.1 Å². The van der Waals surface area contributed by atoms with Crippen molar-refractivity contribution in [1.29, 1.82) is 0 Å². The largest absolute Gasteiger partial charge is 0.272 e. The zero-order valence-electron chi connectivity index (χ0n) is 8.25. The van der Waals surface area contributed by atoms with Gasteiger partial charge in [0.25, 0.3) is 5.69 Å². The van der Waals surface area contributed by atoms with Crippen LogP contribution in [0.15, 0.2) is 23.3 Å². The van der Waals surface area contributed by atoms with Crippen molar-refractivity contribution in [1.82, 2.24) is 0 Å². The van der Waals surface area contributed by atoms with E-state index in [2.05, 4.69) is 10.0 Å². The Balaban J connectivity index is 3.01. The lowest BCUT2D eigenvalue weighted by atomic mass is 10.0. The highest BCUT2D eigenvalue weighted by Gasteiger charge is 2.14. The van der Waals surface area contributed by atoms with Crippen LogP contribution >= 0.6 is 0 Å². The molecule has 0 aliphatic heterocycles. The maximum Gasteiger partial charge on any atom is 0.272 e. The molecule has 1 aromatic rings. The second kappa shape index (κ2) is 4.97. The molecule has 0 bridgehead atoms. The molecule has 0 aliphatic rings. The molecule has 0 unspecified atom stereocenters. The Bertz CT molecular complexity index is 424. The molecule has 0 fully saturated rings. The van der Waals surface area contributed by atoms with E-state index in [-0.39, 0.29) is 12.2 Å². The van der Waals surface area contributed by atoms with E-state index in [1.165, 1.54) is 6.07 Å². The third-order valence-electron chi connectivity index (χ3n) is 2.11. The van der Waals surface area contributed by atoms with E-state index in [0.29, 0.717) is 12.0 Å². The van der Waals surface area contributed by atoms with Gasteiger partial charge in [-0.05, 0) is 24.4 Å². The molecule has 1 rings (SSSR count). The van der Waals surface area contributed by atoms with Crippen LogP contribution in [-0.4, -0.2) is 11.5 Å². The Morgan fingerprint density at radius 1 is 1.60 bits per heavy atom. The maximum atomic E-state index is 10.7. The predicted octanol–water partition coefficient (Wildman–Crippen LogP) is 2.76. The van der Waals surface area contributed by atoms with E-state index in [1.807, 2.05) is 0 Å². The number of nitro groups is 1. The Hall–Kier alpha value is -2.07. The molecule has 0 spiro atoms. The summed E-state index contributed by atoms with van der Waals surface area (Å²) in [5.74, 6) is 0. The fourth-order valence-electron chi connectivity index (χ4n) is 1.39. The first-order chi connectivity index (χ1) is 7.16. The van der Waals surface area contributed by atoms with Gasteiger partial charge >= 0.3 is 0 Å².